The van der Waals surface area contributed by atoms with Crippen LogP contribution in [0.25, 0.3) is 6.08 Å². The van der Waals surface area contributed by atoms with Crippen LogP contribution in [0.5, 0.6) is 0 Å². The van der Waals surface area contributed by atoms with Gasteiger partial charge in [-0.25, -0.2) is 8.42 Å². The number of anilines is 1. The van der Waals surface area contributed by atoms with Gasteiger partial charge in [-0.15, -0.1) is 0 Å². The van der Waals surface area contributed by atoms with E-state index in [2.05, 4.69) is 10.6 Å². The van der Waals surface area contributed by atoms with Crippen LogP contribution in [-0.4, -0.2) is 37.6 Å². The lowest BCUT2D eigenvalue weighted by molar-refractivity contribution is -0.117. The van der Waals surface area contributed by atoms with Gasteiger partial charge in [0.15, 0.2) is 0 Å². The van der Waals surface area contributed by atoms with Gasteiger partial charge in [-0.2, -0.15) is 4.31 Å². The molecule has 0 aromatic heterocycles. The van der Waals surface area contributed by atoms with E-state index in [0.717, 1.165) is 29.7 Å². The lowest BCUT2D eigenvalue weighted by atomic mass is 10.2. The highest BCUT2D eigenvalue weighted by Gasteiger charge is 2.29. The summed E-state index contributed by atoms with van der Waals surface area (Å²) < 4.78 is 26.5. The maximum Gasteiger partial charge on any atom is 0.244 e. The summed E-state index contributed by atoms with van der Waals surface area (Å²) in [7, 11) is -3.50. The SMILES string of the molecule is CCN(CC)S(=O)(=O)c1ccc(/C=C/C(=O)NCc2cccc(NC(=O)C3CC3)c2)cc1. The monoisotopic (exact) mass is 455 g/mol. The number of amides is 2. The third-order valence-corrected chi connectivity index (χ3v) is 7.32. The normalized spacial score (nSPS) is 14.0. The van der Waals surface area contributed by atoms with Crippen LogP contribution in [0.4, 0.5) is 5.69 Å². The summed E-state index contributed by atoms with van der Waals surface area (Å²) in [5, 5.41) is 5.71. The van der Waals surface area contributed by atoms with E-state index in [9.17, 15) is 18.0 Å². The summed E-state index contributed by atoms with van der Waals surface area (Å²) in [4.78, 5) is 24.3. The Bertz CT molecular complexity index is 1090. The third-order valence-electron chi connectivity index (χ3n) is 5.26. The van der Waals surface area contributed by atoms with Gasteiger partial charge in [0, 0.05) is 37.3 Å². The fourth-order valence-electron chi connectivity index (χ4n) is 3.23. The number of carbonyl (C=O) groups is 2. The topological polar surface area (TPSA) is 95.6 Å². The highest BCUT2D eigenvalue weighted by molar-refractivity contribution is 7.89. The van der Waals surface area contributed by atoms with Gasteiger partial charge >= 0.3 is 0 Å². The quantitative estimate of drug-likeness (QED) is 0.537. The van der Waals surface area contributed by atoms with Crippen molar-refractivity contribution in [1.82, 2.24) is 9.62 Å². The van der Waals surface area contributed by atoms with Gasteiger partial charge < -0.3 is 10.6 Å². The van der Waals surface area contributed by atoms with Gasteiger partial charge in [0.2, 0.25) is 21.8 Å². The van der Waals surface area contributed by atoms with Crippen molar-refractivity contribution in [2.24, 2.45) is 5.92 Å². The second-order valence-corrected chi connectivity index (χ2v) is 9.61. The summed E-state index contributed by atoms with van der Waals surface area (Å²) in [6.07, 6.45) is 4.94. The fraction of sp³-hybridized carbons (Fsp3) is 0.333. The lowest BCUT2D eigenvalue weighted by Crippen LogP contribution is -2.30. The van der Waals surface area contributed by atoms with Crippen molar-refractivity contribution >= 4 is 33.6 Å². The van der Waals surface area contributed by atoms with Crippen molar-refractivity contribution in [3.05, 3.63) is 65.7 Å². The number of hydrogen-bond donors (Lipinski definition) is 2. The van der Waals surface area contributed by atoms with E-state index >= 15 is 0 Å². The maximum atomic E-state index is 12.5. The molecule has 2 amide bonds. The Hall–Kier alpha value is -2.97. The molecule has 2 N–H and O–H groups in total. The van der Waals surface area contributed by atoms with Crippen LogP contribution in [0.2, 0.25) is 0 Å². The van der Waals surface area contributed by atoms with Crippen LogP contribution in [0.1, 0.15) is 37.8 Å². The summed E-state index contributed by atoms with van der Waals surface area (Å²) >= 11 is 0. The van der Waals surface area contributed by atoms with Gasteiger partial charge in [0.1, 0.15) is 0 Å². The Morgan fingerprint density at radius 1 is 1.06 bits per heavy atom. The van der Waals surface area contributed by atoms with Crippen molar-refractivity contribution < 1.29 is 18.0 Å². The number of benzene rings is 2. The summed E-state index contributed by atoms with van der Waals surface area (Å²) in [6, 6.07) is 13.8. The highest BCUT2D eigenvalue weighted by atomic mass is 32.2. The molecule has 0 bridgehead atoms. The zero-order valence-electron chi connectivity index (χ0n) is 18.4. The largest absolute Gasteiger partial charge is 0.348 e. The lowest BCUT2D eigenvalue weighted by Gasteiger charge is -2.18. The molecule has 2 aromatic rings. The van der Waals surface area contributed by atoms with E-state index in [0.29, 0.717) is 19.6 Å². The molecule has 1 fully saturated rings. The van der Waals surface area contributed by atoms with Crippen LogP contribution in [-0.2, 0) is 26.2 Å². The molecule has 0 aliphatic heterocycles. The van der Waals surface area contributed by atoms with Crippen molar-refractivity contribution in [3.8, 4) is 0 Å². The third kappa shape index (κ3) is 6.27. The molecule has 0 saturated heterocycles. The summed E-state index contributed by atoms with van der Waals surface area (Å²) in [5.74, 6) is -0.0859. The van der Waals surface area contributed by atoms with Gasteiger partial charge in [-0.05, 0) is 54.3 Å². The zero-order valence-corrected chi connectivity index (χ0v) is 19.2. The minimum Gasteiger partial charge on any atom is -0.348 e. The van der Waals surface area contributed by atoms with Crippen LogP contribution in [0.15, 0.2) is 59.5 Å². The predicted octanol–water partition coefficient (Wildman–Crippen LogP) is 3.40. The molecule has 7 nitrogen and oxygen atoms in total. The smallest absolute Gasteiger partial charge is 0.244 e. The first-order valence-electron chi connectivity index (χ1n) is 10.8. The van der Waals surface area contributed by atoms with Crippen LogP contribution >= 0.6 is 0 Å². The minimum absolute atomic E-state index is 0.0463. The molecule has 2 aromatic carbocycles. The number of nitrogens with zero attached hydrogens (tertiary/aromatic N) is 1. The molecule has 0 spiro atoms. The Morgan fingerprint density at radius 2 is 1.75 bits per heavy atom. The van der Waals surface area contributed by atoms with E-state index in [1.54, 1.807) is 44.2 Å². The molecule has 3 rings (SSSR count). The number of hydrogen-bond acceptors (Lipinski definition) is 4. The maximum absolute atomic E-state index is 12.5. The molecular formula is C24H29N3O4S. The first kappa shape index (κ1) is 23.7. The highest BCUT2D eigenvalue weighted by Crippen LogP contribution is 2.30. The van der Waals surface area contributed by atoms with Crippen molar-refractivity contribution in [2.45, 2.75) is 38.1 Å². The van der Waals surface area contributed by atoms with E-state index in [4.69, 9.17) is 0 Å². The molecule has 32 heavy (non-hydrogen) atoms. The van der Waals surface area contributed by atoms with E-state index in [-0.39, 0.29) is 22.6 Å². The standard InChI is InChI=1S/C24H29N3O4S/c1-3-27(4-2)32(30,31)22-13-8-18(9-14-22)10-15-23(28)25-17-19-6-5-7-21(16-19)26-24(29)20-11-12-20/h5-10,13-16,20H,3-4,11-12,17H2,1-2H3,(H,25,28)(H,26,29)/b15-10+. The molecule has 0 atom stereocenters. The molecule has 0 radical (unpaired) electrons. The predicted molar refractivity (Wildman–Crippen MR) is 125 cm³/mol. The average molecular weight is 456 g/mol. The first-order chi connectivity index (χ1) is 15.3. The van der Waals surface area contributed by atoms with Gasteiger partial charge in [-0.1, -0.05) is 38.1 Å². The number of carbonyl (C=O) groups excluding carboxylic acids is 2. The first-order valence-corrected chi connectivity index (χ1v) is 12.2. The average Bonchev–Trinajstić information content (AvgIpc) is 3.63. The Balaban J connectivity index is 1.54. The van der Waals surface area contributed by atoms with Crippen LogP contribution < -0.4 is 10.6 Å². The summed E-state index contributed by atoms with van der Waals surface area (Å²) in [5.41, 5.74) is 2.33. The molecule has 170 valence electrons. The zero-order chi connectivity index (χ0) is 23.1. The Morgan fingerprint density at radius 3 is 2.38 bits per heavy atom. The molecule has 0 heterocycles. The second-order valence-electron chi connectivity index (χ2n) is 7.67. The summed E-state index contributed by atoms with van der Waals surface area (Å²) in [6.45, 7) is 4.76. The fourth-order valence-corrected chi connectivity index (χ4v) is 4.69. The van der Waals surface area contributed by atoms with Crippen LogP contribution in [0.3, 0.4) is 0 Å². The van der Waals surface area contributed by atoms with Gasteiger partial charge in [0.05, 0.1) is 4.90 Å². The number of nitrogens with one attached hydrogen (secondary N) is 2. The molecule has 0 unspecified atom stereocenters. The molecule has 1 aliphatic rings. The Labute approximate surface area is 189 Å². The van der Waals surface area contributed by atoms with Gasteiger partial charge in [0.25, 0.3) is 0 Å². The van der Waals surface area contributed by atoms with E-state index in [1.807, 2.05) is 24.3 Å². The van der Waals surface area contributed by atoms with Crippen LogP contribution in [0, 0.1) is 5.92 Å². The number of sulfonamides is 1. The molecular weight excluding hydrogens is 426 g/mol. The van der Waals surface area contributed by atoms with E-state index in [1.165, 1.54) is 10.4 Å². The number of rotatable bonds is 10. The molecule has 8 heteroatoms. The molecule has 1 saturated carbocycles. The van der Waals surface area contributed by atoms with E-state index < -0.39 is 10.0 Å². The van der Waals surface area contributed by atoms with Gasteiger partial charge in [-0.3, -0.25) is 9.59 Å². The minimum atomic E-state index is -3.50. The Kier molecular flexibility index (Phi) is 7.82. The molecule has 1 aliphatic carbocycles. The van der Waals surface area contributed by atoms with Crippen molar-refractivity contribution in [3.63, 3.8) is 0 Å². The second kappa shape index (κ2) is 10.6. The van der Waals surface area contributed by atoms with Crippen molar-refractivity contribution in [2.75, 3.05) is 18.4 Å². The van der Waals surface area contributed by atoms with Crippen molar-refractivity contribution in [1.29, 1.82) is 0 Å².